The highest BCUT2D eigenvalue weighted by molar-refractivity contribution is 5.87. The quantitative estimate of drug-likeness (QED) is 0.525. The SMILES string of the molecule is CC(NC(=O)CCCCCCN)c1ccc(NC(N)=O)cc1. The lowest BCUT2D eigenvalue weighted by Gasteiger charge is -2.15. The summed E-state index contributed by atoms with van der Waals surface area (Å²) >= 11 is 0. The minimum atomic E-state index is -0.594. The van der Waals surface area contributed by atoms with Crippen molar-refractivity contribution in [1.29, 1.82) is 0 Å². The van der Waals surface area contributed by atoms with Gasteiger partial charge in [0.25, 0.3) is 0 Å². The molecular weight excluding hydrogens is 280 g/mol. The summed E-state index contributed by atoms with van der Waals surface area (Å²) < 4.78 is 0. The van der Waals surface area contributed by atoms with Crippen molar-refractivity contribution >= 4 is 17.6 Å². The molecule has 122 valence electrons. The Labute approximate surface area is 131 Å². The number of anilines is 1. The van der Waals surface area contributed by atoms with E-state index in [1.54, 1.807) is 12.1 Å². The van der Waals surface area contributed by atoms with E-state index in [4.69, 9.17) is 11.5 Å². The van der Waals surface area contributed by atoms with Gasteiger partial charge < -0.3 is 22.1 Å². The van der Waals surface area contributed by atoms with Crippen molar-refractivity contribution in [1.82, 2.24) is 5.32 Å². The van der Waals surface area contributed by atoms with Crippen LogP contribution >= 0.6 is 0 Å². The third kappa shape index (κ3) is 7.08. The first-order chi connectivity index (χ1) is 10.5. The molecule has 0 aliphatic rings. The lowest BCUT2D eigenvalue weighted by Crippen LogP contribution is -2.26. The fourth-order valence-electron chi connectivity index (χ4n) is 2.18. The summed E-state index contributed by atoms with van der Waals surface area (Å²) in [5.41, 5.74) is 12.1. The molecule has 3 amide bonds. The number of benzene rings is 1. The third-order valence-corrected chi connectivity index (χ3v) is 3.41. The molecule has 0 aliphatic carbocycles. The zero-order valence-corrected chi connectivity index (χ0v) is 13.1. The number of primary amides is 1. The van der Waals surface area contributed by atoms with E-state index < -0.39 is 6.03 Å². The first-order valence-corrected chi connectivity index (χ1v) is 7.68. The molecule has 0 heterocycles. The van der Waals surface area contributed by atoms with Gasteiger partial charge in [0.05, 0.1) is 6.04 Å². The molecule has 0 aliphatic heterocycles. The summed E-state index contributed by atoms with van der Waals surface area (Å²) in [4.78, 5) is 22.6. The Balaban J connectivity index is 2.36. The van der Waals surface area contributed by atoms with Gasteiger partial charge >= 0.3 is 6.03 Å². The van der Waals surface area contributed by atoms with Crippen LogP contribution in [0.4, 0.5) is 10.5 Å². The number of carbonyl (C=O) groups excluding carboxylic acids is 2. The predicted molar refractivity (Wildman–Crippen MR) is 88.3 cm³/mol. The fraction of sp³-hybridized carbons (Fsp3) is 0.500. The highest BCUT2D eigenvalue weighted by atomic mass is 16.2. The van der Waals surface area contributed by atoms with E-state index in [9.17, 15) is 9.59 Å². The van der Waals surface area contributed by atoms with Crippen molar-refractivity contribution in [3.8, 4) is 0 Å². The first kappa shape index (κ1) is 18.0. The number of carbonyl (C=O) groups is 2. The molecule has 22 heavy (non-hydrogen) atoms. The second-order valence-electron chi connectivity index (χ2n) is 5.35. The molecule has 0 bridgehead atoms. The van der Waals surface area contributed by atoms with Crippen LogP contribution in [0.1, 0.15) is 50.6 Å². The van der Waals surface area contributed by atoms with E-state index in [1.165, 1.54) is 0 Å². The molecule has 0 spiro atoms. The van der Waals surface area contributed by atoms with Gasteiger partial charge in [-0.3, -0.25) is 4.79 Å². The van der Waals surface area contributed by atoms with Gasteiger partial charge in [-0.25, -0.2) is 4.79 Å². The molecule has 6 heteroatoms. The van der Waals surface area contributed by atoms with Crippen molar-refractivity contribution < 1.29 is 9.59 Å². The minimum absolute atomic E-state index is 0.0552. The minimum Gasteiger partial charge on any atom is -0.351 e. The van der Waals surface area contributed by atoms with E-state index >= 15 is 0 Å². The van der Waals surface area contributed by atoms with E-state index in [0.29, 0.717) is 18.7 Å². The molecule has 1 atom stereocenters. The van der Waals surface area contributed by atoms with Crippen molar-refractivity contribution in [2.45, 2.75) is 45.1 Å². The summed E-state index contributed by atoms with van der Waals surface area (Å²) in [6, 6.07) is 6.57. The molecule has 0 fully saturated rings. The van der Waals surface area contributed by atoms with Crippen molar-refractivity contribution in [3.05, 3.63) is 29.8 Å². The van der Waals surface area contributed by atoms with Gasteiger partial charge in [-0.1, -0.05) is 25.0 Å². The van der Waals surface area contributed by atoms with Crippen LogP contribution in [-0.2, 0) is 4.79 Å². The molecular formula is C16H26N4O2. The number of hydrogen-bond donors (Lipinski definition) is 4. The largest absolute Gasteiger partial charge is 0.351 e. The molecule has 0 saturated carbocycles. The van der Waals surface area contributed by atoms with Crippen LogP contribution in [-0.4, -0.2) is 18.5 Å². The Hall–Kier alpha value is -2.08. The highest BCUT2D eigenvalue weighted by Crippen LogP contribution is 2.16. The van der Waals surface area contributed by atoms with E-state index in [-0.39, 0.29) is 11.9 Å². The van der Waals surface area contributed by atoms with Crippen molar-refractivity contribution in [2.24, 2.45) is 11.5 Å². The maximum absolute atomic E-state index is 11.9. The zero-order valence-electron chi connectivity index (χ0n) is 13.1. The second kappa shape index (κ2) is 9.78. The molecule has 0 saturated heterocycles. The Morgan fingerprint density at radius 3 is 2.32 bits per heavy atom. The van der Waals surface area contributed by atoms with Gasteiger partial charge in [-0.15, -0.1) is 0 Å². The van der Waals surface area contributed by atoms with Crippen LogP contribution < -0.4 is 22.1 Å². The summed E-state index contributed by atoms with van der Waals surface area (Å²) in [5, 5.41) is 5.47. The highest BCUT2D eigenvalue weighted by Gasteiger charge is 2.09. The topological polar surface area (TPSA) is 110 Å². The summed E-state index contributed by atoms with van der Waals surface area (Å²) in [5.74, 6) is 0.0552. The van der Waals surface area contributed by atoms with Crippen LogP contribution in [0.25, 0.3) is 0 Å². The van der Waals surface area contributed by atoms with Gasteiger partial charge in [-0.2, -0.15) is 0 Å². The molecule has 6 N–H and O–H groups in total. The van der Waals surface area contributed by atoms with Gasteiger partial charge in [0.1, 0.15) is 0 Å². The molecule has 6 nitrogen and oxygen atoms in total. The molecule has 0 radical (unpaired) electrons. The Morgan fingerprint density at radius 2 is 1.73 bits per heavy atom. The number of urea groups is 1. The van der Waals surface area contributed by atoms with Crippen molar-refractivity contribution in [3.63, 3.8) is 0 Å². The monoisotopic (exact) mass is 306 g/mol. The summed E-state index contributed by atoms with van der Waals surface area (Å²) in [6.07, 6.45) is 4.56. The summed E-state index contributed by atoms with van der Waals surface area (Å²) in [7, 11) is 0. The van der Waals surface area contributed by atoms with Crippen LogP contribution in [0, 0.1) is 0 Å². The van der Waals surface area contributed by atoms with Gasteiger partial charge in [0, 0.05) is 12.1 Å². The predicted octanol–water partition coefficient (Wildman–Crippen LogP) is 2.26. The Bertz CT molecular complexity index is 474. The van der Waals surface area contributed by atoms with Crippen LogP contribution in [0.5, 0.6) is 0 Å². The zero-order chi connectivity index (χ0) is 16.4. The Kier molecular flexibility index (Phi) is 7.99. The Morgan fingerprint density at radius 1 is 1.09 bits per heavy atom. The lowest BCUT2D eigenvalue weighted by molar-refractivity contribution is -0.121. The lowest BCUT2D eigenvalue weighted by atomic mass is 10.1. The van der Waals surface area contributed by atoms with Gasteiger partial charge in [0.2, 0.25) is 5.91 Å². The van der Waals surface area contributed by atoms with Crippen LogP contribution in [0.2, 0.25) is 0 Å². The normalized spacial score (nSPS) is 11.7. The average Bonchev–Trinajstić information content (AvgIpc) is 2.47. The van der Waals surface area contributed by atoms with E-state index in [1.807, 2.05) is 19.1 Å². The van der Waals surface area contributed by atoms with Gasteiger partial charge in [-0.05, 0) is 44.0 Å². The van der Waals surface area contributed by atoms with E-state index in [2.05, 4.69) is 10.6 Å². The second-order valence-corrected chi connectivity index (χ2v) is 5.35. The molecule has 1 aromatic carbocycles. The fourth-order valence-corrected chi connectivity index (χ4v) is 2.18. The maximum atomic E-state index is 11.9. The number of rotatable bonds is 9. The van der Waals surface area contributed by atoms with E-state index in [0.717, 1.165) is 31.2 Å². The molecule has 1 aromatic rings. The third-order valence-electron chi connectivity index (χ3n) is 3.41. The maximum Gasteiger partial charge on any atom is 0.316 e. The molecule has 1 rings (SSSR count). The number of nitrogens with two attached hydrogens (primary N) is 2. The number of amides is 3. The smallest absolute Gasteiger partial charge is 0.316 e. The molecule has 0 aromatic heterocycles. The number of nitrogens with one attached hydrogen (secondary N) is 2. The average molecular weight is 306 g/mol. The van der Waals surface area contributed by atoms with Crippen molar-refractivity contribution in [2.75, 3.05) is 11.9 Å². The number of unbranched alkanes of at least 4 members (excludes halogenated alkanes) is 3. The van der Waals surface area contributed by atoms with Crippen LogP contribution in [0.15, 0.2) is 24.3 Å². The van der Waals surface area contributed by atoms with Gasteiger partial charge in [0.15, 0.2) is 0 Å². The standard InChI is InChI=1S/C16H26N4O2/c1-12(19-15(21)6-4-2-3-5-11-17)13-7-9-14(10-8-13)20-16(18)22/h7-10,12H,2-6,11,17H2,1H3,(H,19,21)(H3,18,20,22). The summed E-state index contributed by atoms with van der Waals surface area (Å²) in [6.45, 7) is 2.65. The first-order valence-electron chi connectivity index (χ1n) is 7.68. The molecule has 1 unspecified atom stereocenters. The number of hydrogen-bond acceptors (Lipinski definition) is 3. The van der Waals surface area contributed by atoms with Crippen LogP contribution in [0.3, 0.4) is 0 Å².